The van der Waals surface area contributed by atoms with Gasteiger partial charge in [0, 0.05) is 0 Å². The molecule has 0 fully saturated rings. The minimum atomic E-state index is -0.486. The molecule has 0 N–H and O–H groups in total. The van der Waals surface area contributed by atoms with Gasteiger partial charge < -0.3 is 4.74 Å². The summed E-state index contributed by atoms with van der Waals surface area (Å²) in [6.07, 6.45) is 3.74. The maximum Gasteiger partial charge on any atom is 0.337 e. The summed E-state index contributed by atoms with van der Waals surface area (Å²) in [5, 5.41) is 10.0. The van der Waals surface area contributed by atoms with E-state index in [9.17, 15) is 14.9 Å². The molecule has 17 heavy (non-hydrogen) atoms. The van der Waals surface area contributed by atoms with Crippen molar-refractivity contribution in [2.75, 3.05) is 7.11 Å². The normalized spacial score (nSPS) is 10.4. The lowest BCUT2D eigenvalue weighted by atomic mass is 10.1. The van der Waals surface area contributed by atoms with E-state index >= 15 is 0 Å². The predicted molar refractivity (Wildman–Crippen MR) is 62.2 cm³/mol. The topological polar surface area (TPSA) is 69.4 Å². The first kappa shape index (κ1) is 12.9. The third-order valence-corrected chi connectivity index (χ3v) is 2.20. The first-order valence-electron chi connectivity index (χ1n) is 5.11. The van der Waals surface area contributed by atoms with Crippen LogP contribution >= 0.6 is 0 Å². The van der Waals surface area contributed by atoms with Crippen molar-refractivity contribution in [3.8, 4) is 0 Å². The third kappa shape index (κ3) is 4.46. The molecule has 1 rings (SSSR count). The average Bonchev–Trinajstić information content (AvgIpc) is 2.34. The van der Waals surface area contributed by atoms with E-state index in [1.165, 1.54) is 13.2 Å². The molecule has 0 aromatic heterocycles. The minimum absolute atomic E-state index is 0.371. The highest BCUT2D eigenvalue weighted by Gasteiger charge is 2.03. The maximum absolute atomic E-state index is 11.2. The summed E-state index contributed by atoms with van der Waals surface area (Å²) in [4.78, 5) is 20.7. The quantitative estimate of drug-likeness (QED) is 0.445. The van der Waals surface area contributed by atoms with Crippen molar-refractivity contribution >= 4 is 5.97 Å². The second-order valence-corrected chi connectivity index (χ2v) is 3.40. The monoisotopic (exact) mass is 235 g/mol. The van der Waals surface area contributed by atoms with E-state index in [2.05, 4.69) is 4.74 Å². The molecule has 5 heteroatoms. The molecule has 0 aliphatic rings. The molecule has 5 nitrogen and oxygen atoms in total. The van der Waals surface area contributed by atoms with E-state index in [1.807, 2.05) is 12.1 Å². The standard InChI is InChI=1S/C12H13NO4/c1-17-12(14)11-7-5-10(6-8-11)4-2-3-9-13(15)16/h3,5-9H,2,4H2,1H3/b9-3+. The van der Waals surface area contributed by atoms with Gasteiger partial charge in [-0.3, -0.25) is 10.1 Å². The fourth-order valence-electron chi connectivity index (χ4n) is 1.34. The molecular weight excluding hydrogens is 222 g/mol. The number of carbonyl (C=O) groups is 1. The molecule has 0 aliphatic carbocycles. The van der Waals surface area contributed by atoms with Gasteiger partial charge in [-0.05, 0) is 36.6 Å². The van der Waals surface area contributed by atoms with Crippen LogP contribution < -0.4 is 0 Å². The summed E-state index contributed by atoms with van der Waals surface area (Å²) in [5.41, 5.74) is 1.52. The highest BCUT2D eigenvalue weighted by Crippen LogP contribution is 2.08. The molecule has 0 unspecified atom stereocenters. The molecule has 0 spiro atoms. The Kier molecular flexibility index (Phi) is 4.87. The lowest BCUT2D eigenvalue weighted by Crippen LogP contribution is -2.00. The van der Waals surface area contributed by atoms with Crippen molar-refractivity contribution in [1.82, 2.24) is 0 Å². The molecule has 0 saturated carbocycles. The molecular formula is C12H13NO4. The van der Waals surface area contributed by atoms with Crippen LogP contribution in [0.2, 0.25) is 0 Å². The van der Waals surface area contributed by atoms with E-state index in [4.69, 9.17) is 0 Å². The highest BCUT2D eigenvalue weighted by atomic mass is 16.6. The zero-order valence-electron chi connectivity index (χ0n) is 9.46. The number of benzene rings is 1. The first-order chi connectivity index (χ1) is 8.13. The zero-order valence-corrected chi connectivity index (χ0v) is 9.46. The van der Waals surface area contributed by atoms with E-state index < -0.39 is 4.92 Å². The molecule has 0 heterocycles. The number of nitrogens with zero attached hydrogens (tertiary/aromatic N) is 1. The van der Waals surface area contributed by atoms with Gasteiger partial charge in [0.25, 0.3) is 0 Å². The molecule has 0 amide bonds. The predicted octanol–water partition coefficient (Wildman–Crippen LogP) is 2.20. The fourth-order valence-corrected chi connectivity index (χ4v) is 1.34. The van der Waals surface area contributed by atoms with Gasteiger partial charge in [-0.1, -0.05) is 12.1 Å². The smallest absolute Gasteiger partial charge is 0.337 e. The van der Waals surface area contributed by atoms with Crippen LogP contribution in [0.4, 0.5) is 0 Å². The Morgan fingerprint density at radius 2 is 2.06 bits per heavy atom. The van der Waals surface area contributed by atoms with E-state index in [0.717, 1.165) is 11.8 Å². The molecule has 0 atom stereocenters. The average molecular weight is 235 g/mol. The number of aryl methyl sites for hydroxylation is 1. The summed E-state index contributed by atoms with van der Waals surface area (Å²) in [6.45, 7) is 0. The summed E-state index contributed by atoms with van der Waals surface area (Å²) < 4.78 is 4.58. The molecule has 1 aromatic carbocycles. The molecule has 0 saturated heterocycles. The molecule has 0 aliphatic heterocycles. The second-order valence-electron chi connectivity index (χ2n) is 3.40. The number of allylic oxidation sites excluding steroid dienone is 1. The van der Waals surface area contributed by atoms with Crippen LogP contribution in [0.3, 0.4) is 0 Å². The summed E-state index contributed by atoms with van der Waals surface area (Å²) in [5.74, 6) is -0.371. The van der Waals surface area contributed by atoms with Crippen LogP contribution in [0, 0.1) is 10.1 Å². The van der Waals surface area contributed by atoms with Crippen LogP contribution in [0.1, 0.15) is 22.3 Å². The number of rotatable bonds is 5. The number of methoxy groups -OCH3 is 1. The van der Waals surface area contributed by atoms with Gasteiger partial charge in [-0.15, -0.1) is 0 Å². The van der Waals surface area contributed by atoms with Gasteiger partial charge in [-0.25, -0.2) is 4.79 Å². The van der Waals surface area contributed by atoms with Crippen molar-refractivity contribution in [3.05, 3.63) is 57.8 Å². The first-order valence-corrected chi connectivity index (χ1v) is 5.11. The second kappa shape index (κ2) is 6.42. The van der Waals surface area contributed by atoms with Crippen molar-refractivity contribution < 1.29 is 14.5 Å². The van der Waals surface area contributed by atoms with Crippen molar-refractivity contribution in [3.63, 3.8) is 0 Å². The SMILES string of the molecule is COC(=O)c1ccc(CC/C=C/[N+](=O)[O-])cc1. The van der Waals surface area contributed by atoms with E-state index in [1.54, 1.807) is 12.1 Å². The molecule has 1 aromatic rings. The number of nitro groups is 1. The Morgan fingerprint density at radius 1 is 1.41 bits per heavy atom. The molecule has 0 bridgehead atoms. The van der Waals surface area contributed by atoms with Crippen LogP contribution in [-0.2, 0) is 11.2 Å². The highest BCUT2D eigenvalue weighted by molar-refractivity contribution is 5.89. The van der Waals surface area contributed by atoms with Gasteiger partial charge in [0.05, 0.1) is 17.6 Å². The van der Waals surface area contributed by atoms with Gasteiger partial charge in [0.2, 0.25) is 6.20 Å². The zero-order chi connectivity index (χ0) is 12.7. The van der Waals surface area contributed by atoms with Gasteiger partial charge in [-0.2, -0.15) is 0 Å². The van der Waals surface area contributed by atoms with Crippen LogP contribution in [0.25, 0.3) is 0 Å². The van der Waals surface area contributed by atoms with Crippen molar-refractivity contribution in [1.29, 1.82) is 0 Å². The van der Waals surface area contributed by atoms with Crippen molar-refractivity contribution in [2.24, 2.45) is 0 Å². The summed E-state index contributed by atoms with van der Waals surface area (Å²) in [6, 6.07) is 6.98. The molecule has 0 radical (unpaired) electrons. The summed E-state index contributed by atoms with van der Waals surface area (Å²) in [7, 11) is 1.33. The van der Waals surface area contributed by atoms with E-state index in [0.29, 0.717) is 18.4 Å². The number of ether oxygens (including phenoxy) is 1. The number of hydrogen-bond acceptors (Lipinski definition) is 4. The lowest BCUT2D eigenvalue weighted by molar-refractivity contribution is -0.402. The lowest BCUT2D eigenvalue weighted by Gasteiger charge is -2.01. The van der Waals surface area contributed by atoms with Gasteiger partial charge in [0.1, 0.15) is 0 Å². The Hall–Kier alpha value is -2.17. The van der Waals surface area contributed by atoms with Crippen molar-refractivity contribution in [2.45, 2.75) is 12.8 Å². The maximum atomic E-state index is 11.2. The third-order valence-electron chi connectivity index (χ3n) is 2.20. The molecule has 90 valence electrons. The number of carbonyl (C=O) groups excluding carboxylic acids is 1. The Morgan fingerprint density at radius 3 is 2.59 bits per heavy atom. The van der Waals surface area contributed by atoms with Gasteiger partial charge >= 0.3 is 5.97 Å². The fraction of sp³-hybridized carbons (Fsp3) is 0.250. The Bertz CT molecular complexity index is 423. The number of hydrogen-bond donors (Lipinski definition) is 0. The van der Waals surface area contributed by atoms with Crippen LogP contribution in [0.15, 0.2) is 36.5 Å². The van der Waals surface area contributed by atoms with Gasteiger partial charge in [0.15, 0.2) is 0 Å². The number of esters is 1. The Balaban J connectivity index is 2.51. The Labute approximate surface area is 98.9 Å². The minimum Gasteiger partial charge on any atom is -0.465 e. The largest absolute Gasteiger partial charge is 0.465 e. The van der Waals surface area contributed by atoms with Crippen LogP contribution in [-0.4, -0.2) is 18.0 Å². The summed E-state index contributed by atoms with van der Waals surface area (Å²) >= 11 is 0. The van der Waals surface area contributed by atoms with E-state index in [-0.39, 0.29) is 5.97 Å². The van der Waals surface area contributed by atoms with Crippen LogP contribution in [0.5, 0.6) is 0 Å².